The van der Waals surface area contributed by atoms with Crippen LogP contribution in [0.1, 0.15) is 12.0 Å². The van der Waals surface area contributed by atoms with E-state index in [0.29, 0.717) is 25.3 Å². The van der Waals surface area contributed by atoms with Crippen molar-refractivity contribution in [3.8, 4) is 0 Å². The third-order valence-corrected chi connectivity index (χ3v) is 4.67. The van der Waals surface area contributed by atoms with Crippen LogP contribution in [-0.4, -0.2) is 45.0 Å². The van der Waals surface area contributed by atoms with Crippen LogP contribution in [-0.2, 0) is 17.5 Å². The van der Waals surface area contributed by atoms with Gasteiger partial charge in [0.1, 0.15) is 17.9 Å². The number of aromatic nitrogens is 4. The molecule has 1 aromatic carbocycles. The van der Waals surface area contributed by atoms with Gasteiger partial charge in [-0.05, 0) is 30.7 Å². The second-order valence-corrected chi connectivity index (χ2v) is 6.64. The summed E-state index contributed by atoms with van der Waals surface area (Å²) in [4.78, 5) is 18.1. The van der Waals surface area contributed by atoms with E-state index in [1.54, 1.807) is 0 Å². The van der Waals surface area contributed by atoms with E-state index in [1.165, 1.54) is 10.7 Å². The van der Waals surface area contributed by atoms with Crippen LogP contribution in [0.15, 0.2) is 42.6 Å². The number of benzene rings is 1. The molecule has 4 rings (SSSR count). The van der Waals surface area contributed by atoms with Crippen molar-refractivity contribution >= 4 is 22.8 Å². The molecule has 1 aliphatic rings. The molecule has 0 radical (unpaired) electrons. The molecule has 2 aromatic heterocycles. The fraction of sp³-hybridized carbons (Fsp3) is 0.333. The molecule has 28 heavy (non-hydrogen) atoms. The lowest BCUT2D eigenvalue weighted by Gasteiger charge is -2.18. The van der Waals surface area contributed by atoms with E-state index < -0.39 is 11.7 Å². The Labute approximate surface area is 158 Å². The highest BCUT2D eigenvalue weighted by atomic mass is 19.4. The number of fused-ring (bicyclic) bond motifs is 1. The average Bonchev–Trinajstić information content (AvgIpc) is 3.29. The van der Waals surface area contributed by atoms with Crippen LogP contribution in [0.2, 0.25) is 0 Å². The maximum Gasteiger partial charge on any atom is 0.417 e. The van der Waals surface area contributed by atoms with Crippen LogP contribution in [0.3, 0.4) is 0 Å². The average molecular weight is 390 g/mol. The summed E-state index contributed by atoms with van der Waals surface area (Å²) in [5.74, 6) is 0.273. The molecule has 1 atom stereocenters. The number of nitrogens with zero attached hydrogens (tertiary/aromatic N) is 5. The van der Waals surface area contributed by atoms with Crippen molar-refractivity contribution in [3.05, 3.63) is 48.2 Å². The number of hydrogen-bond donors (Lipinski definition) is 1. The molecule has 1 aliphatic heterocycles. The number of anilines is 1. The van der Waals surface area contributed by atoms with Crippen molar-refractivity contribution in [3.63, 3.8) is 0 Å². The number of carbonyl (C=O) groups is 1. The molecule has 1 N–H and O–H groups in total. The quantitative estimate of drug-likeness (QED) is 0.740. The normalized spacial score (nSPS) is 17.2. The summed E-state index contributed by atoms with van der Waals surface area (Å²) in [7, 11) is 0. The van der Waals surface area contributed by atoms with Gasteiger partial charge < -0.3 is 10.2 Å². The first-order chi connectivity index (χ1) is 13.4. The summed E-state index contributed by atoms with van der Waals surface area (Å²) >= 11 is 0. The van der Waals surface area contributed by atoms with Gasteiger partial charge in [-0.25, -0.2) is 9.67 Å². The second kappa shape index (κ2) is 7.10. The molecule has 0 aliphatic carbocycles. The molecule has 146 valence electrons. The molecule has 0 spiro atoms. The van der Waals surface area contributed by atoms with Crippen molar-refractivity contribution in [2.45, 2.75) is 25.2 Å². The minimum absolute atomic E-state index is 0.0511. The summed E-state index contributed by atoms with van der Waals surface area (Å²) in [6.07, 6.45) is -2.89. The summed E-state index contributed by atoms with van der Waals surface area (Å²) in [5, 5.41) is 11.0. The van der Waals surface area contributed by atoms with Gasteiger partial charge in [0.2, 0.25) is 5.91 Å². The van der Waals surface area contributed by atoms with Crippen LogP contribution in [0.4, 0.5) is 19.0 Å². The molecule has 7 nitrogen and oxygen atoms in total. The molecule has 1 unspecified atom stereocenters. The fourth-order valence-corrected chi connectivity index (χ4v) is 3.27. The highest BCUT2D eigenvalue weighted by Crippen LogP contribution is 2.29. The van der Waals surface area contributed by atoms with Crippen LogP contribution in [0.5, 0.6) is 0 Å². The lowest BCUT2D eigenvalue weighted by Crippen LogP contribution is -2.39. The number of carbonyl (C=O) groups excluding carboxylic acids is 1. The number of amides is 1. The molecule has 3 aromatic rings. The molecule has 3 heterocycles. The first-order valence-electron chi connectivity index (χ1n) is 8.76. The SMILES string of the molecule is O=C(Cn1nnc2ccccc21)NC1CCN(c2ccc(C(F)(F)F)cn2)C1. The summed E-state index contributed by atoms with van der Waals surface area (Å²) in [6.45, 7) is 1.15. The monoisotopic (exact) mass is 390 g/mol. The maximum atomic E-state index is 12.6. The predicted octanol–water partition coefficient (Wildman–Crippen LogP) is 2.24. The molecule has 0 saturated carbocycles. The van der Waals surface area contributed by atoms with E-state index in [4.69, 9.17) is 0 Å². The number of rotatable bonds is 4. The van der Waals surface area contributed by atoms with Gasteiger partial charge >= 0.3 is 6.18 Å². The Morgan fingerprint density at radius 1 is 1.21 bits per heavy atom. The van der Waals surface area contributed by atoms with Gasteiger partial charge in [0.15, 0.2) is 0 Å². The number of para-hydroxylation sites is 1. The van der Waals surface area contributed by atoms with Crippen LogP contribution >= 0.6 is 0 Å². The van der Waals surface area contributed by atoms with Gasteiger partial charge in [-0.3, -0.25) is 4.79 Å². The van der Waals surface area contributed by atoms with Gasteiger partial charge in [-0.2, -0.15) is 13.2 Å². The molecular weight excluding hydrogens is 373 g/mol. The Kier molecular flexibility index (Phi) is 4.62. The highest BCUT2D eigenvalue weighted by Gasteiger charge is 2.31. The third kappa shape index (κ3) is 3.75. The Balaban J connectivity index is 1.35. The van der Waals surface area contributed by atoms with Crippen molar-refractivity contribution in [1.82, 2.24) is 25.3 Å². The molecule has 0 bridgehead atoms. The summed E-state index contributed by atoms with van der Waals surface area (Å²) in [5.41, 5.74) is 0.718. The summed E-state index contributed by atoms with van der Waals surface area (Å²) in [6, 6.07) is 9.64. The zero-order valence-corrected chi connectivity index (χ0v) is 14.7. The number of nitrogens with one attached hydrogen (secondary N) is 1. The minimum Gasteiger partial charge on any atom is -0.354 e. The van der Waals surface area contributed by atoms with Crippen molar-refractivity contribution in [2.24, 2.45) is 0 Å². The Hall–Kier alpha value is -3.17. The molecular formula is C18H17F3N6O. The highest BCUT2D eigenvalue weighted by molar-refractivity contribution is 5.80. The van der Waals surface area contributed by atoms with Gasteiger partial charge in [-0.1, -0.05) is 17.3 Å². The van der Waals surface area contributed by atoms with Gasteiger partial charge in [0, 0.05) is 25.3 Å². The summed E-state index contributed by atoms with van der Waals surface area (Å²) < 4.78 is 39.5. The molecule has 1 fully saturated rings. The van der Waals surface area contributed by atoms with E-state index in [1.807, 2.05) is 29.2 Å². The van der Waals surface area contributed by atoms with E-state index in [0.717, 1.165) is 23.3 Å². The third-order valence-electron chi connectivity index (χ3n) is 4.67. The van der Waals surface area contributed by atoms with Gasteiger partial charge in [-0.15, -0.1) is 5.10 Å². The smallest absolute Gasteiger partial charge is 0.354 e. The van der Waals surface area contributed by atoms with Crippen LogP contribution < -0.4 is 10.2 Å². The first-order valence-corrected chi connectivity index (χ1v) is 8.76. The van der Waals surface area contributed by atoms with Crippen LogP contribution in [0, 0.1) is 0 Å². The second-order valence-electron chi connectivity index (χ2n) is 6.64. The van der Waals surface area contributed by atoms with E-state index in [-0.39, 0.29) is 18.5 Å². The topological polar surface area (TPSA) is 75.9 Å². The molecule has 10 heteroatoms. The van der Waals surface area contributed by atoms with Gasteiger partial charge in [0.05, 0.1) is 11.1 Å². The lowest BCUT2D eigenvalue weighted by molar-refractivity contribution is -0.137. The zero-order chi connectivity index (χ0) is 19.7. The fourth-order valence-electron chi connectivity index (χ4n) is 3.27. The van der Waals surface area contributed by atoms with Crippen molar-refractivity contribution in [1.29, 1.82) is 0 Å². The number of alkyl halides is 3. The first kappa shape index (κ1) is 18.2. The van der Waals surface area contributed by atoms with Crippen molar-refractivity contribution < 1.29 is 18.0 Å². The van der Waals surface area contributed by atoms with E-state index in [2.05, 4.69) is 20.6 Å². The number of hydrogen-bond acceptors (Lipinski definition) is 5. The zero-order valence-electron chi connectivity index (χ0n) is 14.7. The Morgan fingerprint density at radius 3 is 2.79 bits per heavy atom. The van der Waals surface area contributed by atoms with Crippen LogP contribution in [0.25, 0.3) is 11.0 Å². The number of pyridine rings is 1. The Morgan fingerprint density at radius 2 is 2.04 bits per heavy atom. The minimum atomic E-state index is -4.40. The van der Waals surface area contributed by atoms with Crippen molar-refractivity contribution in [2.75, 3.05) is 18.0 Å². The van der Waals surface area contributed by atoms with E-state index in [9.17, 15) is 18.0 Å². The Bertz CT molecular complexity index is 985. The van der Waals surface area contributed by atoms with Gasteiger partial charge in [0.25, 0.3) is 0 Å². The standard InChI is InChI=1S/C18H17F3N6O/c19-18(20,21)12-5-6-16(22-9-12)26-8-7-13(10-26)23-17(28)11-27-15-4-2-1-3-14(15)24-25-27/h1-6,9,13H,7-8,10-11H2,(H,23,28). The molecule has 1 amide bonds. The van der Waals surface area contributed by atoms with E-state index >= 15 is 0 Å². The molecule has 1 saturated heterocycles. The predicted molar refractivity (Wildman–Crippen MR) is 95.5 cm³/mol. The maximum absolute atomic E-state index is 12.6. The lowest BCUT2D eigenvalue weighted by atomic mass is 10.2. The largest absolute Gasteiger partial charge is 0.417 e. The number of halogens is 3.